The fourth-order valence-corrected chi connectivity index (χ4v) is 1.01. The molecule has 0 spiro atoms. The second-order valence-electron chi connectivity index (χ2n) is 2.69. The Morgan fingerprint density at radius 3 is 3.08 bits per heavy atom. The van der Waals surface area contributed by atoms with Crippen molar-refractivity contribution in [3.05, 3.63) is 18.7 Å². The molecule has 0 bridgehead atoms. The van der Waals surface area contributed by atoms with Crippen LogP contribution in [0.5, 0.6) is 0 Å². The monoisotopic (exact) mass is 184 g/mol. The molecule has 5 heteroatoms. The van der Waals surface area contributed by atoms with E-state index in [1.807, 2.05) is 4.57 Å². The van der Waals surface area contributed by atoms with Crippen LogP contribution < -0.4 is 9.67 Å². The summed E-state index contributed by atoms with van der Waals surface area (Å²) in [6.07, 6.45) is 5.18. The van der Waals surface area contributed by atoms with Crippen LogP contribution in [0.3, 0.4) is 0 Å². The fourth-order valence-electron chi connectivity index (χ4n) is 1.01. The molecule has 0 fully saturated rings. The fraction of sp³-hybridized carbons (Fsp3) is 0.500. The number of aliphatic carboxylic acids is 1. The van der Waals surface area contributed by atoms with E-state index < -0.39 is 5.97 Å². The van der Waals surface area contributed by atoms with Crippen LogP contribution in [0.25, 0.3) is 0 Å². The van der Waals surface area contributed by atoms with Gasteiger partial charge in [0.05, 0.1) is 12.6 Å². The molecule has 5 nitrogen and oxygen atoms in total. The number of ether oxygens (including phenoxy) is 1. The van der Waals surface area contributed by atoms with Gasteiger partial charge in [0.2, 0.25) is 6.33 Å². The standard InChI is InChI=1S/C8H12N2O3/c1-13-5-4-9-2-3-10(7-9)6-8(11)12/h2-3,7H,4-6H2,1H3. The van der Waals surface area contributed by atoms with E-state index in [0.717, 1.165) is 6.54 Å². The van der Waals surface area contributed by atoms with Crippen molar-refractivity contribution in [2.45, 2.75) is 13.1 Å². The predicted molar refractivity (Wildman–Crippen MR) is 41.5 cm³/mol. The number of methoxy groups -OCH3 is 1. The van der Waals surface area contributed by atoms with Gasteiger partial charge in [-0.1, -0.05) is 0 Å². The lowest BCUT2D eigenvalue weighted by Crippen LogP contribution is -2.42. The molecule has 0 aliphatic carbocycles. The molecular formula is C8H12N2O3. The molecule has 13 heavy (non-hydrogen) atoms. The van der Waals surface area contributed by atoms with Gasteiger partial charge in [-0.3, -0.25) is 0 Å². The van der Waals surface area contributed by atoms with E-state index in [9.17, 15) is 9.90 Å². The quantitative estimate of drug-likeness (QED) is 0.506. The van der Waals surface area contributed by atoms with Crippen molar-refractivity contribution in [2.75, 3.05) is 13.7 Å². The first-order chi connectivity index (χ1) is 6.22. The van der Waals surface area contributed by atoms with E-state index in [1.165, 1.54) is 0 Å². The maximum Gasteiger partial charge on any atom is 0.244 e. The second-order valence-corrected chi connectivity index (χ2v) is 2.69. The molecule has 0 aliphatic rings. The Kier molecular flexibility index (Phi) is 3.45. The molecule has 0 saturated heterocycles. The highest BCUT2D eigenvalue weighted by atomic mass is 16.5. The third kappa shape index (κ3) is 3.25. The Morgan fingerprint density at radius 1 is 1.69 bits per heavy atom. The van der Waals surface area contributed by atoms with E-state index in [-0.39, 0.29) is 6.54 Å². The van der Waals surface area contributed by atoms with E-state index in [4.69, 9.17) is 4.74 Å². The summed E-state index contributed by atoms with van der Waals surface area (Å²) < 4.78 is 8.28. The highest BCUT2D eigenvalue weighted by Gasteiger charge is 2.02. The first kappa shape index (κ1) is 9.73. The molecule has 0 aliphatic heterocycles. The highest BCUT2D eigenvalue weighted by Crippen LogP contribution is 1.84. The molecule has 0 N–H and O–H groups in total. The molecule has 1 heterocycles. The van der Waals surface area contributed by atoms with Gasteiger partial charge in [-0.05, 0) is 0 Å². The van der Waals surface area contributed by atoms with E-state index in [2.05, 4.69) is 0 Å². The molecule has 1 aromatic rings. The highest BCUT2D eigenvalue weighted by molar-refractivity contribution is 5.62. The van der Waals surface area contributed by atoms with Gasteiger partial charge in [-0.25, -0.2) is 9.13 Å². The first-order valence-corrected chi connectivity index (χ1v) is 3.96. The average molecular weight is 184 g/mol. The summed E-state index contributed by atoms with van der Waals surface area (Å²) in [6.45, 7) is 1.22. The predicted octanol–water partition coefficient (Wildman–Crippen LogP) is -1.83. The number of carbonyl (C=O) groups excluding carboxylic acids is 1. The number of imidazole rings is 1. The summed E-state index contributed by atoms with van der Waals surface area (Å²) in [4.78, 5) is 10.2. The van der Waals surface area contributed by atoms with Gasteiger partial charge in [-0.15, -0.1) is 0 Å². The molecule has 0 radical (unpaired) electrons. The Bertz CT molecular complexity index is 283. The Hall–Kier alpha value is -1.36. The lowest BCUT2D eigenvalue weighted by Gasteiger charge is -1.96. The van der Waals surface area contributed by atoms with Crippen LogP contribution in [-0.2, 0) is 22.6 Å². The molecular weight excluding hydrogens is 172 g/mol. The van der Waals surface area contributed by atoms with Crippen molar-refractivity contribution in [1.82, 2.24) is 4.57 Å². The zero-order valence-electron chi connectivity index (χ0n) is 7.47. The van der Waals surface area contributed by atoms with Crippen LogP contribution in [0.4, 0.5) is 0 Å². The molecule has 0 unspecified atom stereocenters. The number of rotatable bonds is 5. The van der Waals surface area contributed by atoms with Crippen molar-refractivity contribution in [1.29, 1.82) is 0 Å². The van der Waals surface area contributed by atoms with Crippen LogP contribution in [-0.4, -0.2) is 24.3 Å². The SMILES string of the molecule is COCCn1cc[n+](CC(=O)[O-])c1. The van der Waals surface area contributed by atoms with E-state index in [0.29, 0.717) is 6.61 Å². The summed E-state index contributed by atoms with van der Waals surface area (Å²) in [7, 11) is 1.62. The number of hydrogen-bond acceptors (Lipinski definition) is 3. The Balaban J connectivity index is 2.48. The molecule has 1 aromatic heterocycles. The topological polar surface area (TPSA) is 58.2 Å². The van der Waals surface area contributed by atoms with Gasteiger partial charge in [-0.2, -0.15) is 0 Å². The number of carbonyl (C=O) groups is 1. The van der Waals surface area contributed by atoms with Crippen molar-refractivity contribution in [3.8, 4) is 0 Å². The largest absolute Gasteiger partial charge is 0.546 e. The number of carboxylic acid groups (broad SMARTS) is 1. The zero-order chi connectivity index (χ0) is 9.68. The van der Waals surface area contributed by atoms with Gasteiger partial charge in [0, 0.05) is 7.11 Å². The molecule has 0 amide bonds. The molecule has 0 aromatic carbocycles. The molecule has 72 valence electrons. The minimum Gasteiger partial charge on any atom is -0.546 e. The van der Waals surface area contributed by atoms with Crippen molar-refractivity contribution in [3.63, 3.8) is 0 Å². The minimum absolute atomic E-state index is 0.111. The summed E-state index contributed by atoms with van der Waals surface area (Å²) in [5, 5.41) is 10.2. The zero-order valence-corrected chi connectivity index (χ0v) is 7.47. The van der Waals surface area contributed by atoms with Crippen LogP contribution in [0.1, 0.15) is 0 Å². The first-order valence-electron chi connectivity index (χ1n) is 3.96. The van der Waals surface area contributed by atoms with Gasteiger partial charge < -0.3 is 14.6 Å². The van der Waals surface area contributed by atoms with Crippen molar-refractivity contribution in [2.24, 2.45) is 0 Å². The Morgan fingerprint density at radius 2 is 2.46 bits per heavy atom. The minimum atomic E-state index is -1.09. The lowest BCUT2D eigenvalue weighted by molar-refractivity contribution is -0.690. The van der Waals surface area contributed by atoms with Gasteiger partial charge in [0.25, 0.3) is 0 Å². The maximum absolute atomic E-state index is 10.2. The Labute approximate surface area is 76.2 Å². The number of hydrogen-bond donors (Lipinski definition) is 0. The van der Waals surface area contributed by atoms with Gasteiger partial charge in [0.15, 0.2) is 0 Å². The van der Waals surface area contributed by atoms with Crippen LogP contribution in [0, 0.1) is 0 Å². The van der Waals surface area contributed by atoms with Crippen LogP contribution in [0.2, 0.25) is 0 Å². The normalized spacial score (nSPS) is 10.2. The van der Waals surface area contributed by atoms with E-state index in [1.54, 1.807) is 30.4 Å². The third-order valence-electron chi connectivity index (χ3n) is 1.61. The lowest BCUT2D eigenvalue weighted by atomic mass is 10.6. The summed E-state index contributed by atoms with van der Waals surface area (Å²) in [5.41, 5.74) is 0. The summed E-state index contributed by atoms with van der Waals surface area (Å²) in [5.74, 6) is -1.09. The molecule has 0 saturated carbocycles. The summed E-state index contributed by atoms with van der Waals surface area (Å²) in [6, 6.07) is 0. The molecule has 0 atom stereocenters. The van der Waals surface area contributed by atoms with Crippen LogP contribution >= 0.6 is 0 Å². The maximum atomic E-state index is 10.2. The molecule has 1 rings (SSSR count). The third-order valence-corrected chi connectivity index (χ3v) is 1.61. The van der Waals surface area contributed by atoms with E-state index >= 15 is 0 Å². The van der Waals surface area contributed by atoms with Crippen molar-refractivity contribution < 1.29 is 19.2 Å². The number of aromatic nitrogens is 2. The van der Waals surface area contributed by atoms with Gasteiger partial charge >= 0.3 is 0 Å². The average Bonchev–Trinajstić information content (AvgIpc) is 2.48. The number of nitrogens with zero attached hydrogens (tertiary/aromatic N) is 2. The number of carboxylic acids is 1. The smallest absolute Gasteiger partial charge is 0.244 e. The summed E-state index contributed by atoms with van der Waals surface area (Å²) >= 11 is 0. The van der Waals surface area contributed by atoms with Crippen LogP contribution in [0.15, 0.2) is 18.7 Å². The van der Waals surface area contributed by atoms with Crippen molar-refractivity contribution >= 4 is 5.97 Å². The second kappa shape index (κ2) is 4.61. The van der Waals surface area contributed by atoms with Gasteiger partial charge in [0.1, 0.15) is 25.5 Å².